The Kier molecular flexibility index (Phi) is 9.55. The number of fused-ring (bicyclic) bond motifs is 2. The Hall–Kier alpha value is -3.25. The number of ether oxygens (including phenoxy) is 4. The van der Waals surface area contributed by atoms with Crippen molar-refractivity contribution < 1.29 is 32.1 Å². The van der Waals surface area contributed by atoms with Crippen molar-refractivity contribution >= 4 is 74.7 Å². The van der Waals surface area contributed by atoms with Crippen LogP contribution in [0.2, 0.25) is 0 Å². The topological polar surface area (TPSA) is 36.9 Å². The van der Waals surface area contributed by atoms with Crippen LogP contribution in [0.15, 0.2) is 75.7 Å². The van der Waals surface area contributed by atoms with Crippen molar-refractivity contribution in [3.8, 4) is 43.9 Å². The Morgan fingerprint density at radius 1 is 0.558 bits per heavy atom. The summed E-state index contributed by atoms with van der Waals surface area (Å²) in [4.78, 5) is 1.81. The van der Waals surface area contributed by atoms with Gasteiger partial charge in [-0.3, -0.25) is 0 Å². The van der Waals surface area contributed by atoms with E-state index in [0.717, 1.165) is 42.2 Å². The highest BCUT2D eigenvalue weighted by Gasteiger charge is 2.21. The van der Waals surface area contributed by atoms with Crippen molar-refractivity contribution in [3.63, 3.8) is 0 Å². The van der Waals surface area contributed by atoms with Crippen LogP contribution in [0.3, 0.4) is 0 Å². The van der Waals surface area contributed by atoms with Gasteiger partial charge in [-0.25, -0.2) is 13.2 Å². The SMILES string of the molecule is COc1ccc(-c2sc3c(F)c(OC)c(F)cc3c2Br)cc1.COc1ccc(-c2sc3c(F)c(OC)ccc3c2Br)cc1. The van der Waals surface area contributed by atoms with Crippen molar-refractivity contribution in [1.29, 1.82) is 0 Å². The minimum absolute atomic E-state index is 0.262. The third-order valence-corrected chi connectivity index (χ3v) is 11.3. The summed E-state index contributed by atoms with van der Waals surface area (Å²) in [5, 5.41) is 1.34. The standard InChI is InChI=1S/C16H11BrF2O2S.C16H12BrFO2S/c1-20-9-5-3-8(4-6-9)15-12(17)10-7-11(18)14(21-2)13(19)16(10)22-15;1-19-10-5-3-9(4-6-10)15-13(17)11-7-8-12(20-2)14(18)16(11)21-15/h3-7H,1-2H3;3-8H,1-2H3. The second-order valence-electron chi connectivity index (χ2n) is 8.99. The van der Waals surface area contributed by atoms with Gasteiger partial charge in [0.15, 0.2) is 29.0 Å². The number of benzene rings is 4. The molecule has 0 aliphatic rings. The number of methoxy groups -OCH3 is 4. The molecule has 6 rings (SSSR count). The predicted octanol–water partition coefficient (Wildman–Crippen LogP) is 11.1. The fourth-order valence-electron chi connectivity index (χ4n) is 4.40. The van der Waals surface area contributed by atoms with Gasteiger partial charge in [0.05, 0.1) is 37.8 Å². The lowest BCUT2D eigenvalue weighted by Crippen LogP contribution is -1.92. The highest BCUT2D eigenvalue weighted by atomic mass is 79.9. The Labute approximate surface area is 270 Å². The summed E-state index contributed by atoms with van der Waals surface area (Å²) < 4.78 is 65.2. The molecular formula is C32H23Br2F3O4S2. The van der Waals surface area contributed by atoms with Gasteiger partial charge < -0.3 is 18.9 Å². The van der Waals surface area contributed by atoms with E-state index in [4.69, 9.17) is 18.9 Å². The molecule has 0 amide bonds. The summed E-state index contributed by atoms with van der Waals surface area (Å²) in [6.07, 6.45) is 0. The monoisotopic (exact) mass is 750 g/mol. The average Bonchev–Trinajstić information content (AvgIpc) is 3.55. The van der Waals surface area contributed by atoms with Gasteiger partial charge in [-0.1, -0.05) is 0 Å². The van der Waals surface area contributed by atoms with Crippen molar-refractivity contribution in [2.75, 3.05) is 28.4 Å². The van der Waals surface area contributed by atoms with E-state index in [1.54, 1.807) is 20.3 Å². The first-order valence-electron chi connectivity index (χ1n) is 12.6. The van der Waals surface area contributed by atoms with Gasteiger partial charge in [0.25, 0.3) is 0 Å². The minimum atomic E-state index is -0.715. The molecule has 0 spiro atoms. The zero-order valence-corrected chi connectivity index (χ0v) is 28.0. The molecule has 0 saturated heterocycles. The number of hydrogen-bond donors (Lipinski definition) is 0. The number of thiophene rings is 2. The first-order chi connectivity index (χ1) is 20.7. The molecule has 0 bridgehead atoms. The maximum atomic E-state index is 14.4. The summed E-state index contributed by atoms with van der Waals surface area (Å²) in [6.45, 7) is 0. The second kappa shape index (κ2) is 13.2. The molecule has 4 aromatic carbocycles. The fraction of sp³-hybridized carbons (Fsp3) is 0.125. The van der Waals surface area contributed by atoms with E-state index < -0.39 is 11.6 Å². The van der Waals surface area contributed by atoms with Crippen LogP contribution < -0.4 is 18.9 Å². The molecule has 11 heteroatoms. The molecule has 0 aliphatic carbocycles. The van der Waals surface area contributed by atoms with Crippen LogP contribution in [0.5, 0.6) is 23.0 Å². The zero-order chi connectivity index (χ0) is 30.8. The van der Waals surface area contributed by atoms with E-state index in [2.05, 4.69) is 31.9 Å². The van der Waals surface area contributed by atoms with E-state index in [-0.39, 0.29) is 17.3 Å². The Bertz CT molecular complexity index is 1920. The van der Waals surface area contributed by atoms with Crippen molar-refractivity contribution in [3.05, 3.63) is 93.1 Å². The van der Waals surface area contributed by atoms with Crippen LogP contribution in [0.25, 0.3) is 41.1 Å². The first-order valence-corrected chi connectivity index (χ1v) is 15.8. The summed E-state index contributed by atoms with van der Waals surface area (Å²) >= 11 is 9.67. The lowest BCUT2D eigenvalue weighted by molar-refractivity contribution is 0.363. The van der Waals surface area contributed by atoms with E-state index >= 15 is 0 Å². The van der Waals surface area contributed by atoms with Crippen molar-refractivity contribution in [2.45, 2.75) is 0 Å². The Morgan fingerprint density at radius 3 is 1.51 bits per heavy atom. The van der Waals surface area contributed by atoms with E-state index in [1.807, 2.05) is 54.6 Å². The van der Waals surface area contributed by atoms with Gasteiger partial charge in [0, 0.05) is 29.5 Å². The number of rotatable bonds is 6. The quantitative estimate of drug-likeness (QED) is 0.170. The summed E-state index contributed by atoms with van der Waals surface area (Å²) in [5.74, 6) is -0.278. The molecule has 2 heterocycles. The van der Waals surface area contributed by atoms with E-state index in [1.165, 1.54) is 43.0 Å². The van der Waals surface area contributed by atoms with Crippen molar-refractivity contribution in [2.24, 2.45) is 0 Å². The lowest BCUT2D eigenvalue weighted by Gasteiger charge is -2.03. The van der Waals surface area contributed by atoms with Gasteiger partial charge >= 0.3 is 0 Å². The lowest BCUT2D eigenvalue weighted by atomic mass is 10.1. The predicted molar refractivity (Wildman–Crippen MR) is 176 cm³/mol. The molecule has 0 atom stereocenters. The van der Waals surface area contributed by atoms with Crippen LogP contribution in [0.1, 0.15) is 0 Å². The van der Waals surface area contributed by atoms with E-state index in [9.17, 15) is 13.2 Å². The molecule has 4 nitrogen and oxygen atoms in total. The Morgan fingerprint density at radius 2 is 1.05 bits per heavy atom. The molecule has 0 unspecified atom stereocenters. The first kappa shape index (κ1) is 31.2. The van der Waals surface area contributed by atoms with Crippen LogP contribution in [-0.2, 0) is 0 Å². The fourth-order valence-corrected chi connectivity index (χ4v) is 8.48. The molecule has 0 fully saturated rings. The maximum Gasteiger partial charge on any atom is 0.191 e. The zero-order valence-electron chi connectivity index (χ0n) is 23.2. The summed E-state index contributed by atoms with van der Waals surface area (Å²) in [6, 6.07) is 19.9. The molecule has 43 heavy (non-hydrogen) atoms. The molecule has 0 aliphatic heterocycles. The van der Waals surface area contributed by atoms with Gasteiger partial charge in [-0.05, 0) is 110 Å². The second-order valence-corrected chi connectivity index (χ2v) is 12.6. The third kappa shape index (κ3) is 5.95. The van der Waals surface area contributed by atoms with Crippen molar-refractivity contribution in [1.82, 2.24) is 0 Å². The largest absolute Gasteiger partial charge is 0.497 e. The Balaban J connectivity index is 0.000000171. The summed E-state index contributed by atoms with van der Waals surface area (Å²) in [7, 11) is 5.94. The summed E-state index contributed by atoms with van der Waals surface area (Å²) in [5.41, 5.74) is 1.91. The van der Waals surface area contributed by atoms with Gasteiger partial charge in [-0.2, -0.15) is 0 Å². The van der Waals surface area contributed by atoms with Gasteiger partial charge in [0.1, 0.15) is 11.5 Å². The third-order valence-electron chi connectivity index (χ3n) is 6.60. The normalized spacial score (nSPS) is 10.9. The molecule has 6 aromatic rings. The highest BCUT2D eigenvalue weighted by Crippen LogP contribution is 2.47. The average molecular weight is 752 g/mol. The molecular weight excluding hydrogens is 729 g/mol. The van der Waals surface area contributed by atoms with Crippen LogP contribution in [0.4, 0.5) is 13.2 Å². The van der Waals surface area contributed by atoms with E-state index in [0.29, 0.717) is 19.3 Å². The highest BCUT2D eigenvalue weighted by molar-refractivity contribution is 9.11. The van der Waals surface area contributed by atoms with Crippen LogP contribution >= 0.6 is 54.5 Å². The maximum absolute atomic E-state index is 14.4. The van der Waals surface area contributed by atoms with Crippen LogP contribution in [-0.4, -0.2) is 28.4 Å². The smallest absolute Gasteiger partial charge is 0.191 e. The number of hydrogen-bond acceptors (Lipinski definition) is 6. The molecule has 0 saturated carbocycles. The van der Waals surface area contributed by atoms with Gasteiger partial charge in [-0.15, -0.1) is 22.7 Å². The molecule has 0 N–H and O–H groups in total. The number of halogens is 5. The molecule has 222 valence electrons. The van der Waals surface area contributed by atoms with Gasteiger partial charge in [0.2, 0.25) is 0 Å². The molecule has 0 radical (unpaired) electrons. The minimum Gasteiger partial charge on any atom is -0.497 e. The van der Waals surface area contributed by atoms with Crippen LogP contribution in [0, 0.1) is 17.5 Å². The molecule has 2 aromatic heterocycles.